The van der Waals surface area contributed by atoms with E-state index in [1.54, 1.807) is 6.07 Å². The van der Waals surface area contributed by atoms with Crippen molar-refractivity contribution < 1.29 is 26.9 Å². The number of aromatic nitrogens is 2. The summed E-state index contributed by atoms with van der Waals surface area (Å²) in [4.78, 5) is 28.6. The average molecular weight is 489 g/mol. The highest BCUT2D eigenvalue weighted by atomic mass is 79.9. The highest BCUT2D eigenvalue weighted by Gasteiger charge is 2.31. The molecular formula is C18H21BrN2O7S. The Kier molecular flexibility index (Phi) is 7.94. The Labute approximate surface area is 176 Å². The Morgan fingerprint density at radius 1 is 1.28 bits per heavy atom. The first-order valence-electron chi connectivity index (χ1n) is 8.79. The number of alkyl halides is 1. The molecule has 11 heteroatoms. The van der Waals surface area contributed by atoms with Gasteiger partial charge in [-0.15, -0.1) is 0 Å². The minimum absolute atomic E-state index is 0.131. The van der Waals surface area contributed by atoms with Crippen LogP contribution in [0.3, 0.4) is 0 Å². The number of nitrogens with zero attached hydrogens (tertiary/aromatic N) is 2. The van der Waals surface area contributed by atoms with Crippen LogP contribution in [0.4, 0.5) is 0 Å². The van der Waals surface area contributed by atoms with Gasteiger partial charge in [-0.2, -0.15) is 8.42 Å². The second-order valence-electron chi connectivity index (χ2n) is 5.49. The molecule has 29 heavy (non-hydrogen) atoms. The van der Waals surface area contributed by atoms with Gasteiger partial charge in [0.15, 0.2) is 5.69 Å². The molecule has 1 unspecified atom stereocenters. The number of benzene rings is 1. The van der Waals surface area contributed by atoms with E-state index in [0.29, 0.717) is 0 Å². The summed E-state index contributed by atoms with van der Waals surface area (Å²) in [7, 11) is -3.26. The van der Waals surface area contributed by atoms with Gasteiger partial charge in [0.2, 0.25) is 5.75 Å². The fourth-order valence-corrected chi connectivity index (χ4v) is 3.97. The summed E-state index contributed by atoms with van der Waals surface area (Å²) in [5.41, 5.74) is -1.32. The molecular weight excluding hydrogens is 468 g/mol. The molecule has 1 aliphatic heterocycles. The van der Waals surface area contributed by atoms with Crippen molar-refractivity contribution in [1.29, 1.82) is 0 Å². The first kappa shape index (κ1) is 23.0. The van der Waals surface area contributed by atoms with E-state index >= 15 is 0 Å². The Morgan fingerprint density at radius 3 is 2.55 bits per heavy atom. The van der Waals surface area contributed by atoms with Gasteiger partial charge in [-0.3, -0.25) is 9.36 Å². The summed E-state index contributed by atoms with van der Waals surface area (Å²) in [5.74, 6) is -1.47. The standard InChI is InChI=1S/C16H15BrN2O7S.C2H6/c1-24-16(21)12-13(26-27(22,23)10-5-3-2-4-6-10)15(20)19-7-8-25-9-11(17)14(19)18-12;1-2/h2-6,11H,7-9H2,1H3;1-2H3. The van der Waals surface area contributed by atoms with Crippen LogP contribution in [-0.2, 0) is 26.1 Å². The maximum absolute atomic E-state index is 12.9. The van der Waals surface area contributed by atoms with Gasteiger partial charge in [-0.1, -0.05) is 48.0 Å². The van der Waals surface area contributed by atoms with E-state index in [2.05, 4.69) is 25.7 Å². The number of fused-ring (bicyclic) bond motifs is 1. The summed E-state index contributed by atoms with van der Waals surface area (Å²) < 4.78 is 41.3. The van der Waals surface area contributed by atoms with Crippen molar-refractivity contribution in [3.63, 3.8) is 0 Å². The molecule has 2 heterocycles. The molecule has 0 radical (unpaired) electrons. The van der Waals surface area contributed by atoms with E-state index < -0.39 is 37.9 Å². The average Bonchev–Trinajstić information content (AvgIpc) is 2.93. The van der Waals surface area contributed by atoms with Gasteiger partial charge in [0, 0.05) is 0 Å². The van der Waals surface area contributed by atoms with E-state index in [1.807, 2.05) is 13.8 Å². The monoisotopic (exact) mass is 488 g/mol. The van der Waals surface area contributed by atoms with Crippen LogP contribution < -0.4 is 9.74 Å². The molecule has 0 saturated heterocycles. The van der Waals surface area contributed by atoms with Crippen LogP contribution in [0.2, 0.25) is 0 Å². The van der Waals surface area contributed by atoms with Crippen molar-refractivity contribution in [2.75, 3.05) is 20.3 Å². The zero-order valence-corrected chi connectivity index (χ0v) is 18.5. The molecule has 9 nitrogen and oxygen atoms in total. The topological polar surface area (TPSA) is 114 Å². The van der Waals surface area contributed by atoms with E-state index in [0.717, 1.165) is 7.11 Å². The first-order valence-corrected chi connectivity index (χ1v) is 11.1. The van der Waals surface area contributed by atoms with Gasteiger partial charge in [-0.25, -0.2) is 9.78 Å². The third kappa shape index (κ3) is 5.03. The molecule has 0 spiro atoms. The van der Waals surface area contributed by atoms with Crippen molar-refractivity contribution in [1.82, 2.24) is 9.55 Å². The minimum Gasteiger partial charge on any atom is -0.464 e. The zero-order chi connectivity index (χ0) is 21.6. The molecule has 0 aliphatic carbocycles. The SMILES string of the molecule is CC.COC(=O)c1nc2n(c(=O)c1OS(=O)(=O)c1ccccc1)CCOCC2Br. The number of halogens is 1. The Bertz CT molecular complexity index is 1020. The lowest BCUT2D eigenvalue weighted by molar-refractivity contribution is 0.0590. The van der Waals surface area contributed by atoms with Crippen LogP contribution in [0, 0.1) is 0 Å². The summed E-state index contributed by atoms with van der Waals surface area (Å²) in [6.07, 6.45) is 0. The number of hydrogen-bond donors (Lipinski definition) is 0. The third-order valence-electron chi connectivity index (χ3n) is 3.76. The van der Waals surface area contributed by atoms with Crippen molar-refractivity contribution >= 4 is 32.0 Å². The molecule has 0 amide bonds. The molecule has 1 aromatic carbocycles. The van der Waals surface area contributed by atoms with Gasteiger partial charge in [0.25, 0.3) is 5.56 Å². The fourth-order valence-electron chi connectivity index (χ4n) is 2.48. The van der Waals surface area contributed by atoms with Gasteiger partial charge in [0.1, 0.15) is 10.7 Å². The maximum Gasteiger partial charge on any atom is 0.360 e. The summed E-state index contributed by atoms with van der Waals surface area (Å²) in [5, 5.41) is 0. The van der Waals surface area contributed by atoms with Crippen molar-refractivity contribution in [2.45, 2.75) is 30.1 Å². The van der Waals surface area contributed by atoms with Crippen LogP contribution in [0.5, 0.6) is 5.75 Å². The smallest absolute Gasteiger partial charge is 0.360 e. The second-order valence-corrected chi connectivity index (χ2v) is 8.14. The largest absolute Gasteiger partial charge is 0.464 e. The van der Waals surface area contributed by atoms with Gasteiger partial charge < -0.3 is 13.7 Å². The third-order valence-corrected chi connectivity index (χ3v) is 5.67. The number of carbonyl (C=O) groups excluding carboxylic acids is 1. The molecule has 1 aromatic heterocycles. The van der Waals surface area contributed by atoms with Crippen molar-refractivity contribution in [3.8, 4) is 5.75 Å². The molecule has 0 N–H and O–H groups in total. The number of ether oxygens (including phenoxy) is 2. The normalized spacial score (nSPS) is 15.9. The maximum atomic E-state index is 12.9. The van der Waals surface area contributed by atoms with Gasteiger partial charge >= 0.3 is 16.1 Å². The number of esters is 1. The van der Waals surface area contributed by atoms with Crippen LogP contribution in [-0.4, -0.2) is 44.3 Å². The van der Waals surface area contributed by atoms with Gasteiger partial charge in [-0.05, 0) is 12.1 Å². The first-order chi connectivity index (χ1) is 13.8. The zero-order valence-electron chi connectivity index (χ0n) is 16.1. The minimum atomic E-state index is -4.35. The number of rotatable bonds is 4. The lowest BCUT2D eigenvalue weighted by atomic mass is 10.3. The molecule has 158 valence electrons. The molecule has 0 fully saturated rings. The van der Waals surface area contributed by atoms with E-state index in [9.17, 15) is 18.0 Å². The van der Waals surface area contributed by atoms with E-state index in [1.165, 1.54) is 28.8 Å². The Balaban J connectivity index is 0.00000145. The highest BCUT2D eigenvalue weighted by molar-refractivity contribution is 9.09. The lowest BCUT2D eigenvalue weighted by Gasteiger charge is -2.16. The number of hydrogen-bond acceptors (Lipinski definition) is 8. The molecule has 3 rings (SSSR count). The Hall–Kier alpha value is -2.24. The summed E-state index contributed by atoms with van der Waals surface area (Å²) in [6, 6.07) is 7.26. The van der Waals surface area contributed by atoms with Gasteiger partial charge in [0.05, 0.1) is 31.7 Å². The Morgan fingerprint density at radius 2 is 1.93 bits per heavy atom. The summed E-state index contributed by atoms with van der Waals surface area (Å²) >= 11 is 3.34. The highest BCUT2D eigenvalue weighted by Crippen LogP contribution is 2.26. The van der Waals surface area contributed by atoms with E-state index in [-0.39, 0.29) is 30.5 Å². The van der Waals surface area contributed by atoms with E-state index in [4.69, 9.17) is 8.92 Å². The summed E-state index contributed by atoms with van der Waals surface area (Å²) in [6.45, 7) is 4.58. The molecule has 1 aliphatic rings. The van der Waals surface area contributed by atoms with Crippen LogP contribution in [0.1, 0.15) is 35.0 Å². The van der Waals surface area contributed by atoms with Crippen LogP contribution >= 0.6 is 15.9 Å². The molecule has 1 atom stereocenters. The quantitative estimate of drug-likeness (QED) is 0.365. The molecule has 2 aromatic rings. The van der Waals surface area contributed by atoms with Crippen molar-refractivity contribution in [3.05, 3.63) is 52.2 Å². The second kappa shape index (κ2) is 9.99. The number of carbonyl (C=O) groups is 1. The predicted molar refractivity (Wildman–Crippen MR) is 108 cm³/mol. The fraction of sp³-hybridized carbons (Fsp3) is 0.389. The van der Waals surface area contributed by atoms with Crippen LogP contribution in [0.25, 0.3) is 0 Å². The predicted octanol–water partition coefficient (Wildman–Crippen LogP) is 2.29. The van der Waals surface area contributed by atoms with Crippen LogP contribution in [0.15, 0.2) is 40.0 Å². The lowest BCUT2D eigenvalue weighted by Crippen LogP contribution is -2.31. The molecule has 0 bridgehead atoms. The number of methoxy groups -OCH3 is 1. The molecule has 0 saturated carbocycles. The van der Waals surface area contributed by atoms with Crippen molar-refractivity contribution in [2.24, 2.45) is 0 Å².